The van der Waals surface area contributed by atoms with E-state index in [0.717, 1.165) is 13.0 Å². The molecule has 0 amide bonds. The van der Waals surface area contributed by atoms with Crippen LogP contribution >= 0.6 is 0 Å². The molecular formula is C20H26F4N2O4S2. The standard InChI is InChI=1S/C20H26F4N2O4S2/c1-3-31(27,28)15-7-9-18(10-8-15,26-13-11-25-12-14-26)16-5-6-17(32(29,30)4-2)20(23,24)19(16,21)22/h5-9,25H,3-4,10-14H2,1-2H3. The maximum absolute atomic E-state index is 15.4. The van der Waals surface area contributed by atoms with Gasteiger partial charge in [-0.3, -0.25) is 4.90 Å². The van der Waals surface area contributed by atoms with Crippen LogP contribution < -0.4 is 5.32 Å². The maximum atomic E-state index is 15.4. The summed E-state index contributed by atoms with van der Waals surface area (Å²) in [5.41, 5.74) is -2.67. The van der Waals surface area contributed by atoms with Crippen LogP contribution in [0.5, 0.6) is 0 Å². The number of hydrogen-bond donors (Lipinski definition) is 1. The van der Waals surface area contributed by atoms with Crippen LogP contribution in [0.1, 0.15) is 20.3 Å². The fourth-order valence-electron chi connectivity index (χ4n) is 4.24. The number of rotatable bonds is 6. The minimum Gasteiger partial charge on any atom is -0.314 e. The van der Waals surface area contributed by atoms with E-state index >= 15 is 8.78 Å². The molecule has 3 rings (SSSR count). The van der Waals surface area contributed by atoms with Crippen LogP contribution in [0, 0.1) is 0 Å². The summed E-state index contributed by atoms with van der Waals surface area (Å²) in [4.78, 5) is -0.0576. The number of piperazine rings is 1. The van der Waals surface area contributed by atoms with Gasteiger partial charge in [-0.25, -0.2) is 16.8 Å². The third-order valence-electron chi connectivity index (χ3n) is 6.18. The average molecular weight is 499 g/mol. The Balaban J connectivity index is 2.20. The lowest BCUT2D eigenvalue weighted by Gasteiger charge is -2.49. The van der Waals surface area contributed by atoms with Crippen molar-refractivity contribution in [3.8, 4) is 0 Å². The SMILES string of the molecule is CCS(=O)(=O)C1=CCC(C2=CC=C(S(=O)(=O)CC)C(F)(F)C2(F)F)(N2CCNCC2)C=C1. The van der Waals surface area contributed by atoms with E-state index in [-0.39, 0.29) is 30.2 Å². The van der Waals surface area contributed by atoms with Crippen LogP contribution in [0.15, 0.2) is 45.8 Å². The highest BCUT2D eigenvalue weighted by molar-refractivity contribution is 7.95. The average Bonchev–Trinajstić information content (AvgIpc) is 2.76. The molecule has 12 heteroatoms. The summed E-state index contributed by atoms with van der Waals surface area (Å²) < 4.78 is 109. The molecule has 1 heterocycles. The Bertz CT molecular complexity index is 1100. The molecule has 1 unspecified atom stereocenters. The zero-order valence-electron chi connectivity index (χ0n) is 17.7. The number of nitrogens with one attached hydrogen (secondary N) is 1. The molecule has 0 spiro atoms. The fourth-order valence-corrected chi connectivity index (χ4v) is 6.29. The summed E-state index contributed by atoms with van der Waals surface area (Å²) in [6, 6.07) is 0. The van der Waals surface area contributed by atoms with E-state index < -0.39 is 53.3 Å². The number of nitrogens with zero attached hydrogens (tertiary/aromatic N) is 1. The van der Waals surface area contributed by atoms with Gasteiger partial charge in [0.15, 0.2) is 19.7 Å². The van der Waals surface area contributed by atoms with Gasteiger partial charge in [-0.2, -0.15) is 17.6 Å². The molecule has 0 aromatic heterocycles. The highest BCUT2D eigenvalue weighted by atomic mass is 32.2. The predicted octanol–water partition coefficient (Wildman–Crippen LogP) is 2.44. The van der Waals surface area contributed by atoms with Gasteiger partial charge in [0.05, 0.1) is 21.9 Å². The predicted molar refractivity (Wildman–Crippen MR) is 114 cm³/mol. The van der Waals surface area contributed by atoms with Crippen molar-refractivity contribution in [2.45, 2.75) is 37.7 Å². The number of halogens is 4. The van der Waals surface area contributed by atoms with Gasteiger partial charge in [-0.05, 0) is 18.6 Å². The summed E-state index contributed by atoms with van der Waals surface area (Å²) in [5.74, 6) is -10.7. The molecule has 0 aromatic rings. The first-order valence-electron chi connectivity index (χ1n) is 10.3. The van der Waals surface area contributed by atoms with Gasteiger partial charge in [0.2, 0.25) is 0 Å². The van der Waals surface area contributed by atoms with Crippen molar-refractivity contribution >= 4 is 19.7 Å². The van der Waals surface area contributed by atoms with Crippen LogP contribution in [-0.2, 0) is 19.7 Å². The van der Waals surface area contributed by atoms with E-state index in [1.165, 1.54) is 25.2 Å². The van der Waals surface area contributed by atoms with Gasteiger partial charge in [0, 0.05) is 31.8 Å². The first kappa shape index (κ1) is 25.1. The number of allylic oxidation sites excluding steroid dienone is 4. The zero-order chi connectivity index (χ0) is 24.0. The highest BCUT2D eigenvalue weighted by Crippen LogP contribution is 2.54. The Morgan fingerprint density at radius 2 is 1.53 bits per heavy atom. The minimum absolute atomic E-state index is 0.0537. The molecule has 0 saturated carbocycles. The van der Waals surface area contributed by atoms with E-state index in [9.17, 15) is 25.6 Å². The lowest BCUT2D eigenvalue weighted by molar-refractivity contribution is -0.167. The number of sulfone groups is 2. The highest BCUT2D eigenvalue weighted by Gasteiger charge is 2.68. The number of hydrogen-bond acceptors (Lipinski definition) is 6. The summed E-state index contributed by atoms with van der Waals surface area (Å²) in [7, 11) is -8.20. The van der Waals surface area contributed by atoms with Crippen LogP contribution in [0.4, 0.5) is 17.6 Å². The molecular weight excluding hydrogens is 472 g/mol. The molecule has 3 aliphatic rings. The lowest BCUT2D eigenvalue weighted by Crippen LogP contribution is -2.62. The first-order chi connectivity index (χ1) is 14.8. The second-order valence-corrected chi connectivity index (χ2v) is 12.4. The lowest BCUT2D eigenvalue weighted by atomic mass is 9.75. The first-order valence-corrected chi connectivity index (χ1v) is 13.6. The summed E-state index contributed by atoms with van der Waals surface area (Å²) in [6.45, 7) is 3.94. The molecule has 1 atom stereocenters. The molecule has 6 nitrogen and oxygen atoms in total. The molecule has 32 heavy (non-hydrogen) atoms. The third-order valence-corrected chi connectivity index (χ3v) is 9.79. The van der Waals surface area contributed by atoms with E-state index in [0.29, 0.717) is 19.2 Å². The Morgan fingerprint density at radius 3 is 2.03 bits per heavy atom. The zero-order valence-corrected chi connectivity index (χ0v) is 19.4. The van der Waals surface area contributed by atoms with Crippen LogP contribution in [-0.4, -0.2) is 76.8 Å². The Morgan fingerprint density at radius 1 is 0.938 bits per heavy atom. The monoisotopic (exact) mass is 498 g/mol. The van der Waals surface area contributed by atoms with Gasteiger partial charge in [-0.15, -0.1) is 0 Å². The molecule has 1 N–H and O–H groups in total. The summed E-state index contributed by atoms with van der Waals surface area (Å²) >= 11 is 0. The smallest absolute Gasteiger partial charge is 0.314 e. The van der Waals surface area contributed by atoms with Gasteiger partial charge in [0.25, 0.3) is 0 Å². The molecule has 2 aliphatic carbocycles. The largest absolute Gasteiger partial charge is 0.349 e. The van der Waals surface area contributed by atoms with Gasteiger partial charge in [-0.1, -0.05) is 32.1 Å². The van der Waals surface area contributed by atoms with E-state index in [1.54, 1.807) is 4.90 Å². The maximum Gasteiger partial charge on any atom is 0.349 e. The quantitative estimate of drug-likeness (QED) is 0.567. The van der Waals surface area contributed by atoms with Crippen molar-refractivity contribution in [3.05, 3.63) is 45.8 Å². The minimum atomic E-state index is -4.94. The molecule has 1 fully saturated rings. The van der Waals surface area contributed by atoms with Crippen LogP contribution in [0.2, 0.25) is 0 Å². The Hall–Kier alpha value is -1.50. The Labute approximate surface area is 185 Å². The van der Waals surface area contributed by atoms with Crippen LogP contribution in [0.25, 0.3) is 0 Å². The second kappa shape index (κ2) is 8.37. The third kappa shape index (κ3) is 3.88. The fraction of sp³-hybridized carbons (Fsp3) is 0.600. The van der Waals surface area contributed by atoms with Gasteiger partial charge in [0.1, 0.15) is 4.91 Å². The molecule has 180 valence electrons. The molecule has 1 aliphatic heterocycles. The molecule has 0 radical (unpaired) electrons. The van der Waals surface area contributed by atoms with Crippen molar-refractivity contribution in [3.63, 3.8) is 0 Å². The van der Waals surface area contributed by atoms with E-state index in [4.69, 9.17) is 0 Å². The molecule has 0 aromatic carbocycles. The second-order valence-electron chi connectivity index (χ2n) is 7.87. The summed E-state index contributed by atoms with van der Waals surface area (Å²) in [6.07, 6.45) is 4.76. The van der Waals surface area contributed by atoms with Crippen molar-refractivity contribution in [1.29, 1.82) is 0 Å². The molecule has 1 saturated heterocycles. The van der Waals surface area contributed by atoms with Crippen molar-refractivity contribution in [2.75, 3.05) is 37.7 Å². The van der Waals surface area contributed by atoms with E-state index in [1.807, 2.05) is 0 Å². The van der Waals surface area contributed by atoms with Crippen molar-refractivity contribution < 1.29 is 34.4 Å². The van der Waals surface area contributed by atoms with E-state index in [2.05, 4.69) is 5.32 Å². The normalized spacial score (nSPS) is 28.6. The topological polar surface area (TPSA) is 83.5 Å². The van der Waals surface area contributed by atoms with Gasteiger partial charge >= 0.3 is 11.8 Å². The Kier molecular flexibility index (Phi) is 6.57. The summed E-state index contributed by atoms with van der Waals surface area (Å²) in [5, 5.41) is 3.06. The van der Waals surface area contributed by atoms with Crippen molar-refractivity contribution in [2.24, 2.45) is 0 Å². The van der Waals surface area contributed by atoms with Crippen LogP contribution in [0.3, 0.4) is 0 Å². The van der Waals surface area contributed by atoms with Gasteiger partial charge < -0.3 is 5.32 Å². The molecule has 0 bridgehead atoms. The number of alkyl halides is 4. The van der Waals surface area contributed by atoms with Crippen molar-refractivity contribution in [1.82, 2.24) is 10.2 Å².